The van der Waals surface area contributed by atoms with Gasteiger partial charge in [-0.25, -0.2) is 0 Å². The van der Waals surface area contributed by atoms with Gasteiger partial charge in [0.05, 0.1) is 17.8 Å². The van der Waals surface area contributed by atoms with Crippen LogP contribution in [0.15, 0.2) is 53.1 Å². The number of carbonyl (C=O) groups excluding carboxylic acids is 1. The zero-order valence-electron chi connectivity index (χ0n) is 13.2. The van der Waals surface area contributed by atoms with Gasteiger partial charge in [-0.15, -0.1) is 0 Å². The summed E-state index contributed by atoms with van der Waals surface area (Å²) in [6.45, 7) is 1.75. The molecule has 1 aromatic heterocycles. The SMILES string of the molecule is COc1cccc(N(C=O)c2c(-c3ccccc3Cl)noc2C)c1. The van der Waals surface area contributed by atoms with Crippen LogP contribution in [0.2, 0.25) is 5.02 Å². The Morgan fingerprint density at radius 3 is 2.71 bits per heavy atom. The second kappa shape index (κ2) is 6.76. The standard InChI is InChI=1S/C18H15ClN2O3/c1-12-18(17(20-24-12)15-8-3-4-9-16(15)19)21(11-22)13-6-5-7-14(10-13)23-2/h3-11H,1-2H3. The summed E-state index contributed by atoms with van der Waals surface area (Å²) in [4.78, 5) is 13.3. The number of halogens is 1. The summed E-state index contributed by atoms with van der Waals surface area (Å²) in [6.07, 6.45) is 0.717. The Bertz CT molecular complexity index is 876. The second-order valence-corrected chi connectivity index (χ2v) is 5.50. The quantitative estimate of drug-likeness (QED) is 0.635. The number of nitrogens with zero attached hydrogens (tertiary/aromatic N) is 2. The fraction of sp³-hybridized carbons (Fsp3) is 0.111. The van der Waals surface area contributed by atoms with Crippen LogP contribution in [-0.2, 0) is 4.79 Å². The smallest absolute Gasteiger partial charge is 0.218 e. The Hall–Kier alpha value is -2.79. The van der Waals surface area contributed by atoms with Crippen LogP contribution in [0.4, 0.5) is 11.4 Å². The molecular weight excluding hydrogens is 328 g/mol. The molecule has 122 valence electrons. The largest absolute Gasteiger partial charge is 0.497 e. The Balaban J connectivity index is 2.15. The summed E-state index contributed by atoms with van der Waals surface area (Å²) >= 11 is 6.27. The van der Waals surface area contributed by atoms with Crippen LogP contribution in [0, 0.1) is 6.92 Å². The van der Waals surface area contributed by atoms with Crippen LogP contribution in [0.3, 0.4) is 0 Å². The van der Waals surface area contributed by atoms with Gasteiger partial charge in [-0.3, -0.25) is 9.69 Å². The molecule has 0 atom stereocenters. The maximum absolute atomic E-state index is 11.8. The van der Waals surface area contributed by atoms with Gasteiger partial charge in [0.25, 0.3) is 0 Å². The highest BCUT2D eigenvalue weighted by atomic mass is 35.5. The number of carbonyl (C=O) groups is 1. The van der Waals surface area contributed by atoms with Crippen LogP contribution in [0.1, 0.15) is 5.76 Å². The molecule has 0 aliphatic heterocycles. The zero-order chi connectivity index (χ0) is 17.1. The molecule has 2 aromatic carbocycles. The lowest BCUT2D eigenvalue weighted by molar-refractivity contribution is -0.106. The molecule has 0 aliphatic rings. The average molecular weight is 343 g/mol. The van der Waals surface area contributed by atoms with Crippen molar-refractivity contribution in [3.63, 3.8) is 0 Å². The first-order valence-electron chi connectivity index (χ1n) is 7.25. The molecule has 0 saturated carbocycles. The maximum Gasteiger partial charge on any atom is 0.218 e. The minimum absolute atomic E-state index is 0.507. The molecule has 0 fully saturated rings. The summed E-state index contributed by atoms with van der Waals surface area (Å²) in [6, 6.07) is 14.5. The minimum atomic E-state index is 0.507. The molecule has 0 radical (unpaired) electrons. The molecule has 0 bridgehead atoms. The number of methoxy groups -OCH3 is 1. The molecular formula is C18H15ClN2O3. The Labute approximate surface area is 144 Å². The van der Waals surface area contributed by atoms with Crippen molar-refractivity contribution in [2.45, 2.75) is 6.92 Å². The number of rotatable bonds is 5. The van der Waals surface area contributed by atoms with E-state index < -0.39 is 0 Å². The molecule has 3 aromatic rings. The summed E-state index contributed by atoms with van der Waals surface area (Å²) in [5, 5.41) is 4.62. The highest BCUT2D eigenvalue weighted by molar-refractivity contribution is 6.33. The average Bonchev–Trinajstić information content (AvgIpc) is 2.98. The maximum atomic E-state index is 11.8. The molecule has 5 nitrogen and oxygen atoms in total. The minimum Gasteiger partial charge on any atom is -0.497 e. The first-order chi connectivity index (χ1) is 11.7. The number of hydrogen-bond acceptors (Lipinski definition) is 4. The van der Waals surface area contributed by atoms with E-state index in [1.165, 1.54) is 4.90 Å². The van der Waals surface area contributed by atoms with Crippen LogP contribution >= 0.6 is 11.6 Å². The second-order valence-electron chi connectivity index (χ2n) is 5.09. The van der Waals surface area contributed by atoms with Gasteiger partial charge in [-0.2, -0.15) is 0 Å². The van der Waals surface area contributed by atoms with Gasteiger partial charge in [0.1, 0.15) is 17.1 Å². The van der Waals surface area contributed by atoms with Gasteiger partial charge in [0, 0.05) is 11.6 Å². The van der Waals surface area contributed by atoms with Gasteiger partial charge >= 0.3 is 0 Å². The lowest BCUT2D eigenvalue weighted by Gasteiger charge is -2.18. The molecule has 6 heteroatoms. The van der Waals surface area contributed by atoms with E-state index in [-0.39, 0.29) is 0 Å². The van der Waals surface area contributed by atoms with Gasteiger partial charge < -0.3 is 9.26 Å². The van der Waals surface area contributed by atoms with E-state index in [1.54, 1.807) is 32.2 Å². The number of aromatic nitrogens is 1. The van der Waals surface area contributed by atoms with Crippen molar-refractivity contribution in [2.24, 2.45) is 0 Å². The Morgan fingerprint density at radius 1 is 1.21 bits per heavy atom. The molecule has 0 aliphatic carbocycles. The predicted octanol–water partition coefficient (Wildman–Crippen LogP) is 4.61. The fourth-order valence-corrected chi connectivity index (χ4v) is 2.71. The van der Waals surface area contributed by atoms with Crippen LogP contribution < -0.4 is 9.64 Å². The number of benzene rings is 2. The summed E-state index contributed by atoms with van der Waals surface area (Å²) in [7, 11) is 1.57. The first kappa shape index (κ1) is 16.1. The summed E-state index contributed by atoms with van der Waals surface area (Å²) in [5.41, 5.74) is 2.39. The molecule has 1 amide bonds. The van der Waals surface area contributed by atoms with Crippen molar-refractivity contribution in [1.29, 1.82) is 0 Å². The zero-order valence-corrected chi connectivity index (χ0v) is 13.9. The van der Waals surface area contributed by atoms with E-state index in [0.29, 0.717) is 45.6 Å². The van der Waals surface area contributed by atoms with E-state index in [4.69, 9.17) is 20.9 Å². The monoisotopic (exact) mass is 342 g/mol. The number of anilines is 2. The number of hydrogen-bond donors (Lipinski definition) is 0. The van der Waals surface area contributed by atoms with E-state index in [1.807, 2.05) is 30.3 Å². The predicted molar refractivity (Wildman–Crippen MR) is 92.9 cm³/mol. The number of aryl methyl sites for hydroxylation is 1. The first-order valence-corrected chi connectivity index (χ1v) is 7.63. The van der Waals surface area contributed by atoms with Crippen molar-refractivity contribution in [3.05, 3.63) is 59.3 Å². The highest BCUT2D eigenvalue weighted by Crippen LogP contribution is 2.39. The van der Waals surface area contributed by atoms with E-state index in [0.717, 1.165) is 0 Å². The third kappa shape index (κ3) is 2.86. The molecule has 1 heterocycles. The van der Waals surface area contributed by atoms with E-state index in [2.05, 4.69) is 5.16 Å². The lowest BCUT2D eigenvalue weighted by atomic mass is 10.1. The van der Waals surface area contributed by atoms with Gasteiger partial charge in [0.15, 0.2) is 5.76 Å². The molecule has 3 rings (SSSR count). The molecule has 0 unspecified atom stereocenters. The van der Waals surface area contributed by atoms with Gasteiger partial charge in [0.2, 0.25) is 6.41 Å². The van der Waals surface area contributed by atoms with Crippen LogP contribution in [0.25, 0.3) is 11.3 Å². The number of amides is 1. The topological polar surface area (TPSA) is 55.6 Å². The summed E-state index contributed by atoms with van der Waals surface area (Å²) < 4.78 is 10.6. The van der Waals surface area contributed by atoms with Crippen molar-refractivity contribution >= 4 is 29.4 Å². The van der Waals surface area contributed by atoms with E-state index >= 15 is 0 Å². The van der Waals surface area contributed by atoms with Gasteiger partial charge in [-0.1, -0.05) is 41.0 Å². The molecule has 0 spiro atoms. The summed E-state index contributed by atoms with van der Waals surface area (Å²) in [5.74, 6) is 1.16. The van der Waals surface area contributed by atoms with Crippen LogP contribution in [-0.4, -0.2) is 18.7 Å². The van der Waals surface area contributed by atoms with Gasteiger partial charge in [-0.05, 0) is 25.1 Å². The van der Waals surface area contributed by atoms with Crippen molar-refractivity contribution in [2.75, 3.05) is 12.0 Å². The van der Waals surface area contributed by atoms with E-state index in [9.17, 15) is 4.79 Å². The van der Waals surface area contributed by atoms with Crippen molar-refractivity contribution in [1.82, 2.24) is 5.16 Å². The Kier molecular flexibility index (Phi) is 4.53. The third-order valence-corrected chi connectivity index (χ3v) is 3.97. The molecule has 0 N–H and O–H groups in total. The normalized spacial score (nSPS) is 10.5. The van der Waals surface area contributed by atoms with Crippen molar-refractivity contribution < 1.29 is 14.1 Å². The van der Waals surface area contributed by atoms with Crippen molar-refractivity contribution in [3.8, 4) is 17.0 Å². The lowest BCUT2D eigenvalue weighted by Crippen LogP contribution is -2.15. The van der Waals surface area contributed by atoms with Crippen LogP contribution in [0.5, 0.6) is 5.75 Å². The fourth-order valence-electron chi connectivity index (χ4n) is 2.48. The molecule has 24 heavy (non-hydrogen) atoms. The Morgan fingerprint density at radius 2 is 2.00 bits per heavy atom. The molecule has 0 saturated heterocycles. The highest BCUT2D eigenvalue weighted by Gasteiger charge is 2.23. The third-order valence-electron chi connectivity index (χ3n) is 3.64. The number of ether oxygens (including phenoxy) is 1.